The van der Waals surface area contributed by atoms with Crippen molar-refractivity contribution in [2.24, 2.45) is 0 Å². The Labute approximate surface area is 149 Å². The summed E-state index contributed by atoms with van der Waals surface area (Å²) in [7, 11) is -5.85. The molecule has 0 aromatic carbocycles. The Kier molecular flexibility index (Phi) is 6.50. The van der Waals surface area contributed by atoms with E-state index in [1.54, 1.807) is 20.8 Å². The summed E-state index contributed by atoms with van der Waals surface area (Å²) in [4.78, 5) is 24.4. The van der Waals surface area contributed by atoms with Gasteiger partial charge in [0.1, 0.15) is 11.4 Å². The van der Waals surface area contributed by atoms with Crippen LogP contribution in [-0.4, -0.2) is 49.4 Å². The SMILES string of the molecule is CC(=O)/C=C/C1=C(OS(=O)(=O)C(F)(F)F)CCN(C(=O)OC(C)(C)C)C1. The molecule has 1 heterocycles. The molecule has 26 heavy (non-hydrogen) atoms. The van der Waals surface area contributed by atoms with Crippen molar-refractivity contribution in [2.75, 3.05) is 13.1 Å². The monoisotopic (exact) mass is 399 g/mol. The second-order valence-electron chi connectivity index (χ2n) is 6.53. The van der Waals surface area contributed by atoms with Gasteiger partial charge in [0.25, 0.3) is 0 Å². The number of ether oxygens (including phenoxy) is 1. The van der Waals surface area contributed by atoms with E-state index >= 15 is 0 Å². The van der Waals surface area contributed by atoms with Crippen molar-refractivity contribution in [3.05, 3.63) is 23.5 Å². The Balaban J connectivity index is 3.14. The Morgan fingerprint density at radius 1 is 1.19 bits per heavy atom. The highest BCUT2D eigenvalue weighted by molar-refractivity contribution is 7.87. The molecule has 1 rings (SSSR count). The molecule has 148 valence electrons. The summed E-state index contributed by atoms with van der Waals surface area (Å²) in [5.74, 6) is -0.885. The molecule has 7 nitrogen and oxygen atoms in total. The third-order valence-corrected chi connectivity index (χ3v) is 3.98. The van der Waals surface area contributed by atoms with Gasteiger partial charge in [0.15, 0.2) is 5.78 Å². The van der Waals surface area contributed by atoms with Gasteiger partial charge in [-0.25, -0.2) is 4.79 Å². The van der Waals surface area contributed by atoms with Gasteiger partial charge in [0.2, 0.25) is 0 Å². The summed E-state index contributed by atoms with van der Waals surface area (Å²) in [5.41, 5.74) is -6.41. The van der Waals surface area contributed by atoms with Gasteiger partial charge in [-0.1, -0.05) is 6.08 Å². The van der Waals surface area contributed by atoms with Gasteiger partial charge in [-0.2, -0.15) is 21.6 Å². The fourth-order valence-electron chi connectivity index (χ4n) is 1.89. The van der Waals surface area contributed by atoms with Crippen molar-refractivity contribution >= 4 is 22.0 Å². The topological polar surface area (TPSA) is 90.0 Å². The summed E-state index contributed by atoms with van der Waals surface area (Å²) in [6.07, 6.45) is 1.16. The maximum atomic E-state index is 12.5. The van der Waals surface area contributed by atoms with Crippen LogP contribution < -0.4 is 0 Å². The van der Waals surface area contributed by atoms with Crippen molar-refractivity contribution < 1.29 is 40.1 Å². The second-order valence-corrected chi connectivity index (χ2v) is 8.07. The summed E-state index contributed by atoms with van der Waals surface area (Å²) in [5, 5.41) is 0. The predicted octanol–water partition coefficient (Wildman–Crippen LogP) is 2.89. The lowest BCUT2D eigenvalue weighted by Gasteiger charge is -2.31. The molecule has 0 spiro atoms. The van der Waals surface area contributed by atoms with E-state index in [0.717, 1.165) is 12.2 Å². The summed E-state index contributed by atoms with van der Waals surface area (Å²) >= 11 is 0. The van der Waals surface area contributed by atoms with Crippen molar-refractivity contribution in [1.82, 2.24) is 4.90 Å². The van der Waals surface area contributed by atoms with Crippen LogP contribution in [0, 0.1) is 0 Å². The molecule has 0 aromatic rings. The number of rotatable bonds is 4. The van der Waals surface area contributed by atoms with E-state index in [-0.39, 0.29) is 25.1 Å². The Bertz CT molecular complexity index is 731. The van der Waals surface area contributed by atoms with E-state index in [1.807, 2.05) is 0 Å². The third-order valence-electron chi connectivity index (χ3n) is 2.99. The molecule has 0 aromatic heterocycles. The average molecular weight is 399 g/mol. The lowest BCUT2D eigenvalue weighted by molar-refractivity contribution is -0.112. The van der Waals surface area contributed by atoms with Crippen molar-refractivity contribution in [3.63, 3.8) is 0 Å². The maximum Gasteiger partial charge on any atom is 0.534 e. The molecule has 0 N–H and O–H groups in total. The van der Waals surface area contributed by atoms with E-state index in [9.17, 15) is 31.2 Å². The van der Waals surface area contributed by atoms with Crippen LogP contribution in [0.2, 0.25) is 0 Å². The zero-order chi connectivity index (χ0) is 20.3. The van der Waals surface area contributed by atoms with E-state index in [0.29, 0.717) is 0 Å². The largest absolute Gasteiger partial charge is 0.534 e. The lowest BCUT2D eigenvalue weighted by Crippen LogP contribution is -2.41. The number of hydrogen-bond acceptors (Lipinski definition) is 6. The normalized spacial score (nSPS) is 16.8. The van der Waals surface area contributed by atoms with Crippen LogP contribution in [0.15, 0.2) is 23.5 Å². The molecule has 1 aliphatic heterocycles. The number of carbonyl (C=O) groups is 2. The molecule has 0 atom stereocenters. The quantitative estimate of drug-likeness (QED) is 0.410. The van der Waals surface area contributed by atoms with Crippen LogP contribution in [0.5, 0.6) is 0 Å². The first-order valence-corrected chi connectivity index (χ1v) is 8.92. The molecular formula is C15H20F3NO6S. The Morgan fingerprint density at radius 3 is 2.23 bits per heavy atom. The van der Waals surface area contributed by atoms with Gasteiger partial charge in [-0.3, -0.25) is 4.79 Å². The first kappa shape index (κ1) is 22.0. The van der Waals surface area contributed by atoms with E-state index in [4.69, 9.17) is 4.74 Å². The van der Waals surface area contributed by atoms with Gasteiger partial charge in [0, 0.05) is 18.5 Å². The minimum Gasteiger partial charge on any atom is -0.444 e. The minimum absolute atomic E-state index is 0.0369. The maximum absolute atomic E-state index is 12.5. The van der Waals surface area contributed by atoms with Crippen LogP contribution in [0.3, 0.4) is 0 Å². The molecular weight excluding hydrogens is 379 g/mol. The smallest absolute Gasteiger partial charge is 0.444 e. The number of ketones is 1. The van der Waals surface area contributed by atoms with Crippen LogP contribution >= 0.6 is 0 Å². The second kappa shape index (κ2) is 7.68. The first-order chi connectivity index (χ1) is 11.6. The molecule has 0 unspecified atom stereocenters. The Morgan fingerprint density at radius 2 is 1.77 bits per heavy atom. The number of allylic oxidation sites excluding steroid dienone is 1. The fourth-order valence-corrected chi connectivity index (χ4v) is 2.44. The highest BCUT2D eigenvalue weighted by Crippen LogP contribution is 2.30. The fraction of sp³-hybridized carbons (Fsp3) is 0.600. The van der Waals surface area contributed by atoms with E-state index < -0.39 is 38.9 Å². The zero-order valence-electron chi connectivity index (χ0n) is 14.7. The predicted molar refractivity (Wildman–Crippen MR) is 85.3 cm³/mol. The van der Waals surface area contributed by atoms with Gasteiger partial charge in [0.05, 0.1) is 6.54 Å². The molecule has 1 amide bonds. The van der Waals surface area contributed by atoms with Crippen molar-refractivity contribution in [2.45, 2.75) is 45.2 Å². The number of hydrogen-bond donors (Lipinski definition) is 0. The molecule has 11 heteroatoms. The van der Waals surface area contributed by atoms with Crippen LogP contribution in [-0.2, 0) is 23.8 Å². The van der Waals surface area contributed by atoms with E-state index in [2.05, 4.69) is 4.18 Å². The zero-order valence-corrected chi connectivity index (χ0v) is 15.5. The molecule has 0 saturated heterocycles. The van der Waals surface area contributed by atoms with Crippen LogP contribution in [0.1, 0.15) is 34.1 Å². The number of halogens is 3. The molecule has 0 bridgehead atoms. The third kappa shape index (κ3) is 6.36. The summed E-state index contributed by atoms with van der Waals surface area (Å²) in [6, 6.07) is 0. The molecule has 0 fully saturated rings. The number of nitrogens with zero attached hydrogens (tertiary/aromatic N) is 1. The highest BCUT2D eigenvalue weighted by atomic mass is 32.2. The summed E-state index contributed by atoms with van der Waals surface area (Å²) < 4.78 is 69.4. The first-order valence-electron chi connectivity index (χ1n) is 7.52. The highest BCUT2D eigenvalue weighted by Gasteiger charge is 2.49. The number of amides is 1. The summed E-state index contributed by atoms with van der Waals surface area (Å²) in [6.45, 7) is 5.78. The molecule has 0 radical (unpaired) electrons. The molecule has 0 aliphatic carbocycles. The number of carbonyl (C=O) groups excluding carboxylic acids is 2. The van der Waals surface area contributed by atoms with Crippen molar-refractivity contribution in [1.29, 1.82) is 0 Å². The molecule has 0 saturated carbocycles. The van der Waals surface area contributed by atoms with Crippen LogP contribution in [0.25, 0.3) is 0 Å². The lowest BCUT2D eigenvalue weighted by atomic mass is 10.1. The Hall–Kier alpha value is -2.04. The van der Waals surface area contributed by atoms with Gasteiger partial charge in [-0.15, -0.1) is 0 Å². The van der Waals surface area contributed by atoms with Crippen LogP contribution in [0.4, 0.5) is 18.0 Å². The standard InChI is InChI=1S/C15H20F3NO6S/c1-10(20)5-6-11-9-19(13(21)24-14(2,3)4)8-7-12(11)25-26(22,23)15(16,17)18/h5-6H,7-9H2,1-4H3/b6-5+. The number of alkyl halides is 3. The molecule has 1 aliphatic rings. The van der Waals surface area contributed by atoms with Gasteiger partial charge >= 0.3 is 21.7 Å². The van der Waals surface area contributed by atoms with Crippen molar-refractivity contribution in [3.8, 4) is 0 Å². The minimum atomic E-state index is -5.85. The van der Waals surface area contributed by atoms with Gasteiger partial charge in [-0.05, 0) is 33.8 Å². The van der Waals surface area contributed by atoms with E-state index in [1.165, 1.54) is 11.8 Å². The van der Waals surface area contributed by atoms with Gasteiger partial charge < -0.3 is 13.8 Å². The average Bonchev–Trinajstić information content (AvgIpc) is 2.42.